The Morgan fingerprint density at radius 1 is 1.40 bits per heavy atom. The average molecular weight is 377 g/mol. The number of aliphatic carboxylic acids is 1. The van der Waals surface area contributed by atoms with Gasteiger partial charge in [0.25, 0.3) is 5.91 Å². The van der Waals surface area contributed by atoms with Gasteiger partial charge in [-0.1, -0.05) is 24.3 Å². The zero-order valence-electron chi connectivity index (χ0n) is 14.1. The summed E-state index contributed by atoms with van der Waals surface area (Å²) in [5.41, 5.74) is 1.45. The highest BCUT2D eigenvalue weighted by Crippen LogP contribution is 2.27. The van der Waals surface area contributed by atoms with Crippen molar-refractivity contribution in [3.8, 4) is 0 Å². The van der Waals surface area contributed by atoms with E-state index in [-0.39, 0.29) is 12.3 Å². The Morgan fingerprint density at radius 2 is 2.16 bits per heavy atom. The molecule has 1 unspecified atom stereocenters. The van der Waals surface area contributed by atoms with Crippen LogP contribution in [0.2, 0.25) is 0 Å². The van der Waals surface area contributed by atoms with Gasteiger partial charge in [0.1, 0.15) is 6.04 Å². The predicted molar refractivity (Wildman–Crippen MR) is 101 cm³/mol. The molecule has 0 fully saturated rings. The van der Waals surface area contributed by atoms with Gasteiger partial charge in [-0.2, -0.15) is 0 Å². The Bertz CT molecular complexity index is 771. The summed E-state index contributed by atoms with van der Waals surface area (Å²) in [5, 5.41) is 14.9. The summed E-state index contributed by atoms with van der Waals surface area (Å²) in [6.45, 7) is 3.77. The van der Waals surface area contributed by atoms with Gasteiger partial charge in [-0.25, -0.2) is 9.78 Å². The number of thiazole rings is 1. The number of nitrogens with one attached hydrogen (secondary N) is 1. The number of rotatable bonds is 8. The molecule has 0 aliphatic heterocycles. The van der Waals surface area contributed by atoms with Crippen LogP contribution in [0.25, 0.3) is 0 Å². The average Bonchev–Trinajstić information content (AvgIpc) is 3.02. The van der Waals surface area contributed by atoms with E-state index in [4.69, 9.17) is 0 Å². The zero-order chi connectivity index (χ0) is 18.2. The van der Waals surface area contributed by atoms with Gasteiger partial charge in [0.2, 0.25) is 0 Å². The number of allylic oxidation sites excluding steroid dienone is 1. The van der Waals surface area contributed by atoms with Crippen molar-refractivity contribution in [1.82, 2.24) is 10.3 Å². The molecule has 0 radical (unpaired) electrons. The second-order valence-electron chi connectivity index (χ2n) is 5.31. The first-order valence-electron chi connectivity index (χ1n) is 7.79. The van der Waals surface area contributed by atoms with E-state index in [9.17, 15) is 14.7 Å². The van der Waals surface area contributed by atoms with Gasteiger partial charge < -0.3 is 10.4 Å². The van der Waals surface area contributed by atoms with Crippen molar-refractivity contribution < 1.29 is 14.7 Å². The summed E-state index contributed by atoms with van der Waals surface area (Å²) >= 11 is 3.11. The maximum Gasteiger partial charge on any atom is 0.326 e. The van der Waals surface area contributed by atoms with Crippen LogP contribution in [0.1, 0.15) is 34.4 Å². The normalized spacial score (nSPS) is 12.2. The van der Waals surface area contributed by atoms with Crippen molar-refractivity contribution in [3.63, 3.8) is 0 Å². The smallest absolute Gasteiger partial charge is 0.326 e. The number of hydrogen-bond acceptors (Lipinski definition) is 5. The zero-order valence-corrected chi connectivity index (χ0v) is 15.7. The van der Waals surface area contributed by atoms with E-state index in [1.807, 2.05) is 31.4 Å². The molecule has 1 atom stereocenters. The summed E-state index contributed by atoms with van der Waals surface area (Å²) in [4.78, 5) is 29.1. The van der Waals surface area contributed by atoms with Gasteiger partial charge >= 0.3 is 5.97 Å². The maximum atomic E-state index is 12.5. The summed E-state index contributed by atoms with van der Waals surface area (Å²) < 4.78 is 0. The van der Waals surface area contributed by atoms with E-state index in [0.29, 0.717) is 11.3 Å². The minimum atomic E-state index is -1.05. The van der Waals surface area contributed by atoms with Gasteiger partial charge in [-0.15, -0.1) is 23.1 Å². The maximum absolute atomic E-state index is 12.5. The molecule has 0 aliphatic rings. The van der Waals surface area contributed by atoms with Crippen LogP contribution in [0.3, 0.4) is 0 Å². The fourth-order valence-corrected chi connectivity index (χ4v) is 3.80. The third-order valence-electron chi connectivity index (χ3n) is 3.38. The van der Waals surface area contributed by atoms with Crippen LogP contribution < -0.4 is 5.32 Å². The number of aromatic nitrogens is 1. The van der Waals surface area contributed by atoms with E-state index in [2.05, 4.69) is 10.3 Å². The minimum Gasteiger partial charge on any atom is -0.480 e. The minimum absolute atomic E-state index is 0.255. The standard InChI is InChI=1S/C18H20N2O3S2/c1-3-4-8-15(18(22)23)20-17(21)14-7-5-6-9-16(14)25-11-13-10-24-12(2)19-13/h3-7,9-10,15H,8,11H2,1-2H3,(H,20,21)(H,22,23)/b4-3+. The van der Waals surface area contributed by atoms with Crippen molar-refractivity contribution in [3.05, 3.63) is 58.1 Å². The lowest BCUT2D eigenvalue weighted by Gasteiger charge is -2.14. The molecule has 1 aromatic carbocycles. The molecule has 5 nitrogen and oxygen atoms in total. The predicted octanol–water partition coefficient (Wildman–Crippen LogP) is 3.89. The number of benzene rings is 1. The fourth-order valence-electron chi connectivity index (χ4n) is 2.14. The lowest BCUT2D eigenvalue weighted by Crippen LogP contribution is -2.40. The Hall–Kier alpha value is -2.12. The molecule has 1 amide bonds. The number of carbonyl (C=O) groups is 2. The first-order valence-corrected chi connectivity index (χ1v) is 9.65. The molecule has 0 aliphatic carbocycles. The van der Waals surface area contributed by atoms with Gasteiger partial charge in [0.15, 0.2) is 0 Å². The molecular weight excluding hydrogens is 356 g/mol. The molecule has 0 bridgehead atoms. The molecule has 0 saturated carbocycles. The third-order valence-corrected chi connectivity index (χ3v) is 5.31. The monoisotopic (exact) mass is 376 g/mol. The van der Waals surface area contributed by atoms with E-state index in [1.165, 1.54) is 11.8 Å². The third kappa shape index (κ3) is 5.72. The summed E-state index contributed by atoms with van der Waals surface area (Å²) in [7, 11) is 0. The summed E-state index contributed by atoms with van der Waals surface area (Å²) in [6.07, 6.45) is 3.75. The molecular formula is C18H20N2O3S2. The first-order chi connectivity index (χ1) is 12.0. The number of carboxylic acids is 1. The highest BCUT2D eigenvalue weighted by Gasteiger charge is 2.21. The number of nitrogens with zero attached hydrogens (tertiary/aromatic N) is 1. The van der Waals surface area contributed by atoms with Crippen molar-refractivity contribution in [2.75, 3.05) is 0 Å². The Kier molecular flexibility index (Phi) is 7.21. The van der Waals surface area contributed by atoms with Crippen LogP contribution >= 0.6 is 23.1 Å². The van der Waals surface area contributed by atoms with Gasteiger partial charge in [-0.3, -0.25) is 4.79 Å². The van der Waals surface area contributed by atoms with Crippen molar-refractivity contribution >= 4 is 35.0 Å². The van der Waals surface area contributed by atoms with Crippen LogP contribution in [0.15, 0.2) is 46.7 Å². The van der Waals surface area contributed by atoms with Crippen molar-refractivity contribution in [1.29, 1.82) is 0 Å². The Labute approximate surface area is 155 Å². The van der Waals surface area contributed by atoms with Crippen molar-refractivity contribution in [2.24, 2.45) is 0 Å². The number of aryl methyl sites for hydroxylation is 1. The van der Waals surface area contributed by atoms with E-state index in [0.717, 1.165) is 15.6 Å². The van der Waals surface area contributed by atoms with Crippen LogP contribution in [-0.4, -0.2) is 28.0 Å². The second-order valence-corrected chi connectivity index (χ2v) is 7.39. The molecule has 1 aromatic heterocycles. The SMILES string of the molecule is C/C=C/CC(NC(=O)c1ccccc1SCc1csc(C)n1)C(=O)O. The lowest BCUT2D eigenvalue weighted by atomic mass is 10.1. The first kappa shape index (κ1) is 19.2. The molecule has 0 spiro atoms. The van der Waals surface area contributed by atoms with E-state index < -0.39 is 12.0 Å². The highest BCUT2D eigenvalue weighted by atomic mass is 32.2. The van der Waals surface area contributed by atoms with Crippen LogP contribution in [0, 0.1) is 6.92 Å². The van der Waals surface area contributed by atoms with Gasteiger partial charge in [-0.05, 0) is 32.4 Å². The van der Waals surface area contributed by atoms with Crippen LogP contribution in [-0.2, 0) is 10.5 Å². The molecule has 25 heavy (non-hydrogen) atoms. The number of amides is 1. The molecule has 132 valence electrons. The molecule has 2 aromatic rings. The van der Waals surface area contributed by atoms with Gasteiger partial charge in [0.05, 0.1) is 16.3 Å². The number of carbonyl (C=O) groups excluding carboxylic acids is 1. The highest BCUT2D eigenvalue weighted by molar-refractivity contribution is 7.98. The Balaban J connectivity index is 2.09. The molecule has 2 rings (SSSR count). The van der Waals surface area contributed by atoms with Gasteiger partial charge in [0, 0.05) is 16.0 Å². The molecule has 7 heteroatoms. The molecule has 0 saturated heterocycles. The number of hydrogen-bond donors (Lipinski definition) is 2. The lowest BCUT2D eigenvalue weighted by molar-refractivity contribution is -0.139. The molecule has 1 heterocycles. The summed E-state index contributed by atoms with van der Waals surface area (Å²) in [6, 6.07) is 6.26. The fraction of sp³-hybridized carbons (Fsp3) is 0.278. The van der Waals surface area contributed by atoms with Crippen molar-refractivity contribution in [2.45, 2.75) is 37.0 Å². The number of thioether (sulfide) groups is 1. The van der Waals surface area contributed by atoms with Crippen LogP contribution in [0.5, 0.6) is 0 Å². The number of carboxylic acid groups (broad SMARTS) is 1. The van der Waals surface area contributed by atoms with E-state index >= 15 is 0 Å². The van der Waals surface area contributed by atoms with Crippen LogP contribution in [0.4, 0.5) is 0 Å². The molecule has 2 N–H and O–H groups in total. The van der Waals surface area contributed by atoms with E-state index in [1.54, 1.807) is 35.6 Å². The Morgan fingerprint density at radius 3 is 2.80 bits per heavy atom. The quantitative estimate of drug-likeness (QED) is 0.540. The second kappa shape index (κ2) is 9.39. The topological polar surface area (TPSA) is 79.3 Å². The summed E-state index contributed by atoms with van der Waals surface area (Å²) in [5.74, 6) is -0.765. The largest absolute Gasteiger partial charge is 0.480 e.